The molecule has 2 nitrogen and oxygen atoms in total. The Labute approximate surface area is 166 Å². The number of nitrogens with one attached hydrogen (secondary N) is 1. The van der Waals surface area contributed by atoms with Gasteiger partial charge in [0.25, 0.3) is 0 Å². The van der Waals surface area contributed by atoms with Crippen molar-refractivity contribution >= 4 is 28.4 Å². The van der Waals surface area contributed by atoms with Crippen molar-refractivity contribution < 1.29 is 5.11 Å². The topological polar surface area (TPSA) is 32.3 Å². The third-order valence-electron chi connectivity index (χ3n) is 4.45. The van der Waals surface area contributed by atoms with Crippen molar-refractivity contribution in [3.63, 3.8) is 0 Å². The summed E-state index contributed by atoms with van der Waals surface area (Å²) in [5.74, 6) is 0.566. The number of aliphatic hydroxyl groups is 1. The van der Waals surface area contributed by atoms with E-state index in [-0.39, 0.29) is 6.61 Å². The summed E-state index contributed by atoms with van der Waals surface area (Å²) >= 11 is 6.18. The van der Waals surface area contributed by atoms with Crippen LogP contribution in [0.5, 0.6) is 0 Å². The second-order valence-electron chi connectivity index (χ2n) is 6.25. The van der Waals surface area contributed by atoms with Crippen molar-refractivity contribution in [1.29, 1.82) is 0 Å². The minimum Gasteiger partial charge on any atom is -0.395 e. The lowest BCUT2D eigenvalue weighted by Crippen LogP contribution is -2.05. The van der Waals surface area contributed by atoms with E-state index < -0.39 is 0 Å². The van der Waals surface area contributed by atoms with E-state index in [0.29, 0.717) is 12.4 Å². The summed E-state index contributed by atoms with van der Waals surface area (Å²) in [7, 11) is 0. The number of halogens is 1. The fourth-order valence-corrected chi connectivity index (χ4v) is 3.41. The molecule has 0 saturated heterocycles. The number of alkyl halides is 1. The first-order valence-corrected chi connectivity index (χ1v) is 9.72. The van der Waals surface area contributed by atoms with Gasteiger partial charge < -0.3 is 10.4 Å². The Morgan fingerprint density at radius 3 is 1.85 bits per heavy atom. The van der Waals surface area contributed by atoms with E-state index in [2.05, 4.69) is 78.1 Å². The second-order valence-corrected chi connectivity index (χ2v) is 6.63. The molecular weight excluding hydrogens is 354 g/mol. The highest BCUT2D eigenvalue weighted by atomic mass is 35.5. The molecule has 3 aromatic carbocycles. The van der Waals surface area contributed by atoms with Crippen LogP contribution >= 0.6 is 11.6 Å². The third-order valence-corrected chi connectivity index (χ3v) is 4.63. The van der Waals surface area contributed by atoms with E-state index in [1.54, 1.807) is 0 Å². The maximum atomic E-state index is 8.99. The Hall–Kier alpha value is -2.55. The monoisotopic (exact) mass is 377 g/mol. The summed E-state index contributed by atoms with van der Waals surface area (Å²) in [5.41, 5.74) is 6.97. The number of benzene rings is 3. The third kappa shape index (κ3) is 5.00. The SMILES string of the molecule is OCCNc1ccc(/C(=C(/CCCl)c2ccccc2)c2ccccc2)cc1. The molecular formula is C24H24ClNO. The summed E-state index contributed by atoms with van der Waals surface area (Å²) in [4.78, 5) is 0. The first-order valence-electron chi connectivity index (χ1n) is 9.18. The number of hydrogen-bond acceptors (Lipinski definition) is 2. The van der Waals surface area contributed by atoms with E-state index in [1.807, 2.05) is 12.1 Å². The van der Waals surface area contributed by atoms with Crippen LogP contribution in [0.4, 0.5) is 5.69 Å². The van der Waals surface area contributed by atoms with Gasteiger partial charge in [-0.15, -0.1) is 11.6 Å². The quantitative estimate of drug-likeness (QED) is 0.391. The molecule has 0 radical (unpaired) electrons. The predicted octanol–water partition coefficient (Wildman–Crippen LogP) is 5.68. The van der Waals surface area contributed by atoms with Crippen molar-refractivity contribution in [2.75, 3.05) is 24.3 Å². The van der Waals surface area contributed by atoms with Crippen LogP contribution in [-0.4, -0.2) is 24.1 Å². The van der Waals surface area contributed by atoms with E-state index in [9.17, 15) is 0 Å². The van der Waals surface area contributed by atoms with Crippen LogP contribution in [0.15, 0.2) is 84.9 Å². The van der Waals surface area contributed by atoms with Crippen LogP contribution in [0.2, 0.25) is 0 Å². The number of anilines is 1. The van der Waals surface area contributed by atoms with Crippen LogP contribution < -0.4 is 5.32 Å². The Morgan fingerprint density at radius 1 is 0.741 bits per heavy atom. The summed E-state index contributed by atoms with van der Waals surface area (Å²) in [5, 5.41) is 12.2. The molecule has 0 aliphatic rings. The molecule has 0 spiro atoms. The van der Waals surface area contributed by atoms with Crippen LogP contribution in [0.1, 0.15) is 23.1 Å². The van der Waals surface area contributed by atoms with Gasteiger partial charge in [-0.3, -0.25) is 0 Å². The normalized spacial score (nSPS) is 11.8. The van der Waals surface area contributed by atoms with Crippen LogP contribution in [0.25, 0.3) is 11.1 Å². The Morgan fingerprint density at radius 2 is 1.30 bits per heavy atom. The van der Waals surface area contributed by atoms with Crippen molar-refractivity contribution in [2.45, 2.75) is 6.42 Å². The zero-order chi connectivity index (χ0) is 18.9. The van der Waals surface area contributed by atoms with Crippen LogP contribution in [0.3, 0.4) is 0 Å². The summed E-state index contributed by atoms with van der Waals surface area (Å²) in [6.07, 6.45) is 0.792. The highest BCUT2D eigenvalue weighted by Crippen LogP contribution is 2.35. The molecule has 0 amide bonds. The van der Waals surface area contributed by atoms with Gasteiger partial charge in [0, 0.05) is 18.1 Å². The smallest absolute Gasteiger partial charge is 0.0604 e. The molecule has 0 atom stereocenters. The van der Waals surface area contributed by atoms with Gasteiger partial charge in [0.15, 0.2) is 0 Å². The highest BCUT2D eigenvalue weighted by molar-refractivity contribution is 6.18. The molecule has 3 aromatic rings. The molecule has 0 bridgehead atoms. The summed E-state index contributed by atoms with van der Waals surface area (Å²) in [6.45, 7) is 0.660. The van der Waals surface area contributed by atoms with E-state index in [4.69, 9.17) is 16.7 Å². The fraction of sp³-hybridized carbons (Fsp3) is 0.167. The first kappa shape index (κ1) is 19.2. The van der Waals surface area contributed by atoms with Gasteiger partial charge in [0.05, 0.1) is 6.61 Å². The maximum Gasteiger partial charge on any atom is 0.0604 e. The zero-order valence-electron chi connectivity index (χ0n) is 15.2. The fourth-order valence-electron chi connectivity index (χ4n) is 3.22. The van der Waals surface area contributed by atoms with Crippen molar-refractivity contribution in [3.8, 4) is 0 Å². The molecule has 27 heavy (non-hydrogen) atoms. The lowest BCUT2D eigenvalue weighted by Gasteiger charge is -2.17. The average molecular weight is 378 g/mol. The molecule has 3 rings (SSSR count). The average Bonchev–Trinajstić information content (AvgIpc) is 2.74. The Bertz CT molecular complexity index is 858. The molecule has 3 heteroatoms. The number of aliphatic hydroxyl groups excluding tert-OH is 1. The van der Waals surface area contributed by atoms with Gasteiger partial charge in [-0.25, -0.2) is 0 Å². The molecule has 0 heterocycles. The minimum absolute atomic E-state index is 0.116. The van der Waals surface area contributed by atoms with Gasteiger partial charge in [-0.05, 0) is 46.4 Å². The molecule has 138 valence electrons. The van der Waals surface area contributed by atoms with E-state index >= 15 is 0 Å². The Balaban J connectivity index is 2.13. The molecule has 2 N–H and O–H groups in total. The number of hydrogen-bond donors (Lipinski definition) is 2. The summed E-state index contributed by atoms with van der Waals surface area (Å²) < 4.78 is 0. The molecule has 0 aliphatic heterocycles. The summed E-state index contributed by atoms with van der Waals surface area (Å²) in [6, 6.07) is 29.2. The molecule has 0 fully saturated rings. The van der Waals surface area contributed by atoms with E-state index in [0.717, 1.165) is 17.7 Å². The van der Waals surface area contributed by atoms with Gasteiger partial charge in [-0.2, -0.15) is 0 Å². The second kappa shape index (κ2) is 9.96. The first-order chi connectivity index (χ1) is 13.3. The standard InChI is InChI=1S/C24H24ClNO/c25-16-15-23(19-7-3-1-4-8-19)24(20-9-5-2-6-10-20)21-11-13-22(14-12-21)26-17-18-27/h1-14,26-27H,15-18H2/b24-23-. The number of allylic oxidation sites excluding steroid dienone is 1. The van der Waals surface area contributed by atoms with Gasteiger partial charge >= 0.3 is 0 Å². The molecule has 0 aliphatic carbocycles. The van der Waals surface area contributed by atoms with Crippen molar-refractivity contribution in [2.24, 2.45) is 0 Å². The lowest BCUT2D eigenvalue weighted by molar-refractivity contribution is 0.311. The Kier molecular flexibility index (Phi) is 7.09. The van der Waals surface area contributed by atoms with Crippen molar-refractivity contribution in [3.05, 3.63) is 102 Å². The molecule has 0 aromatic heterocycles. The number of rotatable bonds is 8. The van der Waals surface area contributed by atoms with E-state index in [1.165, 1.54) is 22.3 Å². The van der Waals surface area contributed by atoms with Gasteiger partial charge in [0.2, 0.25) is 0 Å². The zero-order valence-corrected chi connectivity index (χ0v) is 16.0. The largest absolute Gasteiger partial charge is 0.395 e. The van der Waals surface area contributed by atoms with Gasteiger partial charge in [-0.1, -0.05) is 72.8 Å². The molecule has 0 saturated carbocycles. The predicted molar refractivity (Wildman–Crippen MR) is 116 cm³/mol. The van der Waals surface area contributed by atoms with Crippen LogP contribution in [0, 0.1) is 0 Å². The van der Waals surface area contributed by atoms with Crippen LogP contribution in [-0.2, 0) is 0 Å². The lowest BCUT2D eigenvalue weighted by atomic mass is 9.88. The maximum absolute atomic E-state index is 8.99. The van der Waals surface area contributed by atoms with Crippen molar-refractivity contribution in [1.82, 2.24) is 0 Å². The highest BCUT2D eigenvalue weighted by Gasteiger charge is 2.13. The molecule has 0 unspecified atom stereocenters. The van der Waals surface area contributed by atoms with Gasteiger partial charge in [0.1, 0.15) is 0 Å². The minimum atomic E-state index is 0.116.